The molecule has 3 heteroatoms. The summed E-state index contributed by atoms with van der Waals surface area (Å²) >= 11 is 0. The standard InChI is InChI=1S/C7H10N2O/c1-5-3-4-6(2)9-7(10)8-5/h3-4H2,1-2H3. The van der Waals surface area contributed by atoms with Gasteiger partial charge in [-0.15, -0.1) is 0 Å². The quantitative estimate of drug-likeness (QED) is 0.503. The Bertz CT molecular complexity index is 194. The van der Waals surface area contributed by atoms with E-state index >= 15 is 0 Å². The second-order valence-corrected chi connectivity index (χ2v) is 2.48. The van der Waals surface area contributed by atoms with E-state index in [-0.39, 0.29) is 6.03 Å². The Labute approximate surface area is 59.9 Å². The molecule has 3 nitrogen and oxygen atoms in total. The SMILES string of the molecule is CC1=NC(=O)N=C(C)CC1. The van der Waals surface area contributed by atoms with Crippen molar-refractivity contribution < 1.29 is 4.79 Å². The number of nitrogens with zero attached hydrogens (tertiary/aromatic N) is 2. The van der Waals surface area contributed by atoms with Crippen molar-refractivity contribution in [2.24, 2.45) is 9.98 Å². The second-order valence-electron chi connectivity index (χ2n) is 2.48. The maximum absolute atomic E-state index is 10.7. The van der Waals surface area contributed by atoms with Gasteiger partial charge in [-0.25, -0.2) is 14.8 Å². The molecule has 1 heterocycles. The molecule has 0 saturated carbocycles. The third kappa shape index (κ3) is 1.76. The lowest BCUT2D eigenvalue weighted by molar-refractivity contribution is 0.257. The molecule has 0 N–H and O–H groups in total. The Morgan fingerprint density at radius 2 is 1.50 bits per heavy atom. The van der Waals surface area contributed by atoms with Crippen LogP contribution in [0.1, 0.15) is 26.7 Å². The highest BCUT2D eigenvalue weighted by molar-refractivity contribution is 6.03. The Balaban J connectivity index is 2.80. The van der Waals surface area contributed by atoms with Crippen LogP contribution in [0.15, 0.2) is 9.98 Å². The zero-order valence-corrected chi connectivity index (χ0v) is 6.22. The predicted octanol–water partition coefficient (Wildman–Crippen LogP) is 1.82. The van der Waals surface area contributed by atoms with Crippen LogP contribution in [-0.4, -0.2) is 17.5 Å². The highest BCUT2D eigenvalue weighted by atomic mass is 16.2. The Morgan fingerprint density at radius 3 is 1.90 bits per heavy atom. The molecule has 0 bridgehead atoms. The summed E-state index contributed by atoms with van der Waals surface area (Å²) in [7, 11) is 0. The number of rotatable bonds is 0. The largest absolute Gasteiger partial charge is 0.366 e. The molecular weight excluding hydrogens is 128 g/mol. The van der Waals surface area contributed by atoms with Gasteiger partial charge in [0.25, 0.3) is 0 Å². The lowest BCUT2D eigenvalue weighted by Crippen LogP contribution is -1.93. The summed E-state index contributed by atoms with van der Waals surface area (Å²) < 4.78 is 0. The number of carbonyl (C=O) groups is 1. The van der Waals surface area contributed by atoms with Crippen LogP contribution in [0.2, 0.25) is 0 Å². The van der Waals surface area contributed by atoms with Crippen LogP contribution in [0.25, 0.3) is 0 Å². The molecule has 0 aromatic heterocycles. The van der Waals surface area contributed by atoms with E-state index in [2.05, 4.69) is 9.98 Å². The predicted molar refractivity (Wildman–Crippen MR) is 40.8 cm³/mol. The number of urea groups is 1. The molecule has 1 aliphatic heterocycles. The molecule has 0 radical (unpaired) electrons. The summed E-state index contributed by atoms with van der Waals surface area (Å²) in [6.45, 7) is 3.71. The first kappa shape index (κ1) is 7.12. The summed E-state index contributed by atoms with van der Waals surface area (Å²) in [5.74, 6) is 0. The molecule has 54 valence electrons. The van der Waals surface area contributed by atoms with Crippen LogP contribution >= 0.6 is 0 Å². The first-order valence-electron chi connectivity index (χ1n) is 3.31. The molecule has 0 atom stereocenters. The van der Waals surface area contributed by atoms with E-state index in [0.29, 0.717) is 0 Å². The molecule has 1 aliphatic rings. The third-order valence-electron chi connectivity index (χ3n) is 1.42. The van der Waals surface area contributed by atoms with Crippen LogP contribution < -0.4 is 0 Å². The fourth-order valence-corrected chi connectivity index (χ4v) is 0.825. The van der Waals surface area contributed by atoms with Crippen molar-refractivity contribution in [1.82, 2.24) is 0 Å². The van der Waals surface area contributed by atoms with Crippen LogP contribution in [0.5, 0.6) is 0 Å². The summed E-state index contributed by atoms with van der Waals surface area (Å²) in [4.78, 5) is 18.2. The fourth-order valence-electron chi connectivity index (χ4n) is 0.825. The fraction of sp³-hybridized carbons (Fsp3) is 0.571. The topological polar surface area (TPSA) is 41.8 Å². The van der Waals surface area contributed by atoms with Crippen molar-refractivity contribution in [3.63, 3.8) is 0 Å². The maximum Gasteiger partial charge on any atom is 0.366 e. The average molecular weight is 138 g/mol. The van der Waals surface area contributed by atoms with E-state index in [4.69, 9.17) is 0 Å². The number of carbonyl (C=O) groups excluding carboxylic acids is 1. The summed E-state index contributed by atoms with van der Waals surface area (Å²) in [5, 5.41) is 0. The maximum atomic E-state index is 10.7. The summed E-state index contributed by atoms with van der Waals surface area (Å²) in [6.07, 6.45) is 1.72. The molecule has 2 amide bonds. The van der Waals surface area contributed by atoms with Crippen molar-refractivity contribution in [3.8, 4) is 0 Å². The lowest BCUT2D eigenvalue weighted by Gasteiger charge is -1.91. The summed E-state index contributed by atoms with van der Waals surface area (Å²) in [6, 6.07) is -0.354. The van der Waals surface area contributed by atoms with Gasteiger partial charge in [0.1, 0.15) is 0 Å². The van der Waals surface area contributed by atoms with Crippen molar-refractivity contribution in [1.29, 1.82) is 0 Å². The zero-order valence-electron chi connectivity index (χ0n) is 6.22. The molecule has 0 aliphatic carbocycles. The smallest absolute Gasteiger partial charge is 0.244 e. The highest BCUT2D eigenvalue weighted by Crippen LogP contribution is 2.02. The molecule has 0 unspecified atom stereocenters. The van der Waals surface area contributed by atoms with Gasteiger partial charge in [-0.2, -0.15) is 0 Å². The third-order valence-corrected chi connectivity index (χ3v) is 1.42. The van der Waals surface area contributed by atoms with E-state index < -0.39 is 0 Å². The van der Waals surface area contributed by atoms with E-state index in [1.54, 1.807) is 0 Å². The second kappa shape index (κ2) is 2.73. The van der Waals surface area contributed by atoms with Crippen molar-refractivity contribution in [2.75, 3.05) is 0 Å². The number of hydrogen-bond donors (Lipinski definition) is 0. The minimum absolute atomic E-state index is 0.354. The van der Waals surface area contributed by atoms with E-state index in [1.807, 2.05) is 13.8 Å². The number of aliphatic imine (C=N–C) groups is 2. The van der Waals surface area contributed by atoms with Crippen molar-refractivity contribution >= 4 is 17.5 Å². The summed E-state index contributed by atoms with van der Waals surface area (Å²) in [5.41, 5.74) is 1.76. The van der Waals surface area contributed by atoms with Gasteiger partial charge in [-0.3, -0.25) is 0 Å². The zero-order chi connectivity index (χ0) is 7.56. The molecule has 0 spiro atoms. The van der Waals surface area contributed by atoms with Gasteiger partial charge in [0.15, 0.2) is 0 Å². The molecule has 10 heavy (non-hydrogen) atoms. The Kier molecular flexibility index (Phi) is 1.94. The van der Waals surface area contributed by atoms with E-state index in [0.717, 1.165) is 24.3 Å². The van der Waals surface area contributed by atoms with Gasteiger partial charge >= 0.3 is 6.03 Å². The molecular formula is C7H10N2O. The van der Waals surface area contributed by atoms with Crippen LogP contribution in [0, 0.1) is 0 Å². The minimum atomic E-state index is -0.354. The highest BCUT2D eigenvalue weighted by Gasteiger charge is 2.04. The van der Waals surface area contributed by atoms with Gasteiger partial charge in [-0.1, -0.05) is 0 Å². The molecule has 0 saturated heterocycles. The average Bonchev–Trinajstić information content (AvgIpc) is 1.93. The monoisotopic (exact) mass is 138 g/mol. The first-order chi connectivity index (χ1) is 4.68. The van der Waals surface area contributed by atoms with E-state index in [1.165, 1.54) is 0 Å². The number of amides is 2. The molecule has 0 fully saturated rings. The minimum Gasteiger partial charge on any atom is -0.244 e. The Morgan fingerprint density at radius 1 is 1.10 bits per heavy atom. The van der Waals surface area contributed by atoms with Gasteiger partial charge in [0.2, 0.25) is 0 Å². The van der Waals surface area contributed by atoms with Crippen LogP contribution in [-0.2, 0) is 0 Å². The van der Waals surface area contributed by atoms with Gasteiger partial charge in [0.05, 0.1) is 0 Å². The molecule has 0 aromatic carbocycles. The number of hydrogen-bond acceptors (Lipinski definition) is 1. The Hall–Kier alpha value is -0.990. The first-order valence-corrected chi connectivity index (χ1v) is 3.31. The van der Waals surface area contributed by atoms with Crippen molar-refractivity contribution in [2.45, 2.75) is 26.7 Å². The van der Waals surface area contributed by atoms with E-state index in [9.17, 15) is 4.79 Å². The van der Waals surface area contributed by atoms with Gasteiger partial charge in [-0.05, 0) is 26.7 Å². The van der Waals surface area contributed by atoms with Gasteiger partial charge in [0, 0.05) is 11.4 Å². The van der Waals surface area contributed by atoms with Crippen molar-refractivity contribution in [3.05, 3.63) is 0 Å². The molecule has 1 rings (SSSR count). The molecule has 0 aromatic rings. The van der Waals surface area contributed by atoms with Crippen LogP contribution in [0.3, 0.4) is 0 Å². The van der Waals surface area contributed by atoms with Gasteiger partial charge < -0.3 is 0 Å². The lowest BCUT2D eigenvalue weighted by atomic mass is 10.2. The van der Waals surface area contributed by atoms with Crippen LogP contribution in [0.4, 0.5) is 4.79 Å². The normalized spacial score (nSPS) is 19.6.